The van der Waals surface area contributed by atoms with Gasteiger partial charge in [-0.15, -0.1) is 12.4 Å². The first-order chi connectivity index (χ1) is 18.2. The predicted octanol–water partition coefficient (Wildman–Crippen LogP) is 3.72. The fourth-order valence-corrected chi connectivity index (χ4v) is 5.36. The molecule has 3 heterocycles. The maximum absolute atomic E-state index is 14.3. The number of anilines is 1. The van der Waals surface area contributed by atoms with Crippen molar-refractivity contribution < 1.29 is 23.1 Å². The summed E-state index contributed by atoms with van der Waals surface area (Å²) in [7, 11) is 0. The number of aromatic nitrogens is 2. The normalized spacial score (nSPS) is 22.3. The number of hydrogen-bond acceptors (Lipinski definition) is 7. The van der Waals surface area contributed by atoms with Gasteiger partial charge in [0.2, 0.25) is 5.95 Å². The Kier molecular flexibility index (Phi) is 8.60. The van der Waals surface area contributed by atoms with E-state index >= 15 is 0 Å². The molecule has 0 spiro atoms. The van der Waals surface area contributed by atoms with Crippen LogP contribution in [-0.4, -0.2) is 82.2 Å². The fraction of sp³-hybridized carbons (Fsp3) is 0.556. The molecular weight excluding hydrogens is 530 g/mol. The SMILES string of the molecule is CCN(C(=O)c1cnc(N2C[C@H](c3cc(F)ccc3F)[C@@H](N)C2)nc1)C1CCN(C(=O)OC2(C)CC2)CC1.Cl. The van der Waals surface area contributed by atoms with Gasteiger partial charge in [0, 0.05) is 63.1 Å². The van der Waals surface area contributed by atoms with Crippen LogP contribution in [0.5, 0.6) is 0 Å². The van der Waals surface area contributed by atoms with Crippen molar-refractivity contribution in [1.82, 2.24) is 19.8 Å². The number of ether oxygens (including phenoxy) is 1. The van der Waals surface area contributed by atoms with Gasteiger partial charge in [-0.05, 0) is 63.3 Å². The van der Waals surface area contributed by atoms with Gasteiger partial charge >= 0.3 is 6.09 Å². The third-order valence-electron chi connectivity index (χ3n) is 7.94. The molecule has 0 bridgehead atoms. The van der Waals surface area contributed by atoms with Gasteiger partial charge in [-0.3, -0.25) is 4.79 Å². The molecule has 12 heteroatoms. The molecule has 1 aromatic carbocycles. The minimum absolute atomic E-state index is 0. The molecule has 212 valence electrons. The average Bonchev–Trinajstić information content (AvgIpc) is 3.51. The molecule has 0 unspecified atom stereocenters. The summed E-state index contributed by atoms with van der Waals surface area (Å²) in [5.41, 5.74) is 6.57. The molecule has 2 atom stereocenters. The molecular formula is C27H35ClF2N6O3. The summed E-state index contributed by atoms with van der Waals surface area (Å²) < 4.78 is 33.6. The Morgan fingerprint density at radius 1 is 1.15 bits per heavy atom. The second-order valence-corrected chi connectivity index (χ2v) is 10.7. The number of piperidine rings is 1. The monoisotopic (exact) mass is 564 g/mol. The first kappa shape index (κ1) is 28.9. The number of nitrogens with zero attached hydrogens (tertiary/aromatic N) is 5. The van der Waals surface area contributed by atoms with Gasteiger partial charge in [0.15, 0.2) is 0 Å². The minimum atomic E-state index is -0.509. The van der Waals surface area contributed by atoms with Crippen molar-refractivity contribution in [3.05, 3.63) is 53.4 Å². The molecule has 1 aromatic heterocycles. The lowest BCUT2D eigenvalue weighted by molar-refractivity contribution is 0.0391. The Morgan fingerprint density at radius 3 is 2.44 bits per heavy atom. The standard InChI is InChI=1S/C27H34F2N6O3.ClH/c1-3-35(19-6-10-33(11-7-19)26(37)38-27(2)8-9-27)24(36)17-13-31-25(32-14-17)34-15-21(23(30)16-34)20-12-18(28)4-5-22(20)29;/h4-5,12-14,19,21,23H,3,6-11,15-16,30H2,1-2H3;1H/t21-,23+;/m1./s1. The topological polar surface area (TPSA) is 105 Å². The van der Waals surface area contributed by atoms with Gasteiger partial charge < -0.3 is 25.2 Å². The molecule has 3 fully saturated rings. The molecule has 2 amide bonds. The molecule has 2 N–H and O–H groups in total. The summed E-state index contributed by atoms with van der Waals surface area (Å²) in [6, 6.07) is 2.97. The van der Waals surface area contributed by atoms with E-state index in [1.807, 2.05) is 18.7 Å². The quantitative estimate of drug-likeness (QED) is 0.570. The summed E-state index contributed by atoms with van der Waals surface area (Å²) in [5, 5.41) is 0. The summed E-state index contributed by atoms with van der Waals surface area (Å²) in [6.45, 7) is 6.21. The summed E-state index contributed by atoms with van der Waals surface area (Å²) >= 11 is 0. The molecule has 2 aliphatic heterocycles. The van der Waals surface area contributed by atoms with Crippen LogP contribution in [0.15, 0.2) is 30.6 Å². The predicted molar refractivity (Wildman–Crippen MR) is 144 cm³/mol. The molecule has 2 saturated heterocycles. The largest absolute Gasteiger partial charge is 0.443 e. The van der Waals surface area contributed by atoms with Gasteiger partial charge in [-0.1, -0.05) is 0 Å². The smallest absolute Gasteiger partial charge is 0.410 e. The van der Waals surface area contributed by atoms with E-state index in [4.69, 9.17) is 10.5 Å². The maximum Gasteiger partial charge on any atom is 0.410 e. The molecule has 39 heavy (non-hydrogen) atoms. The van der Waals surface area contributed by atoms with Crippen LogP contribution in [0.3, 0.4) is 0 Å². The number of nitrogens with two attached hydrogens (primary N) is 1. The number of hydrogen-bond donors (Lipinski definition) is 1. The van der Waals surface area contributed by atoms with Gasteiger partial charge in [-0.25, -0.2) is 23.5 Å². The van der Waals surface area contributed by atoms with E-state index in [1.165, 1.54) is 18.5 Å². The average molecular weight is 565 g/mol. The Hall–Kier alpha value is -3.05. The third-order valence-corrected chi connectivity index (χ3v) is 7.94. The summed E-state index contributed by atoms with van der Waals surface area (Å²) in [4.78, 5) is 39.9. The van der Waals surface area contributed by atoms with E-state index in [-0.39, 0.29) is 41.6 Å². The van der Waals surface area contributed by atoms with Crippen LogP contribution < -0.4 is 10.6 Å². The van der Waals surface area contributed by atoms with E-state index in [1.54, 1.807) is 9.80 Å². The highest BCUT2D eigenvalue weighted by atomic mass is 35.5. The number of benzene rings is 1. The lowest BCUT2D eigenvalue weighted by Gasteiger charge is -2.38. The maximum atomic E-state index is 14.3. The molecule has 5 rings (SSSR count). The summed E-state index contributed by atoms with van der Waals surface area (Å²) in [5.74, 6) is -1.18. The van der Waals surface area contributed by atoms with Crippen molar-refractivity contribution in [3.63, 3.8) is 0 Å². The van der Waals surface area contributed by atoms with Crippen LogP contribution in [0, 0.1) is 11.6 Å². The van der Waals surface area contributed by atoms with Crippen LogP contribution >= 0.6 is 12.4 Å². The van der Waals surface area contributed by atoms with E-state index in [2.05, 4.69) is 9.97 Å². The Balaban J connectivity index is 0.00000353. The Labute approximate surface area is 233 Å². The molecule has 3 aliphatic rings. The number of amides is 2. The van der Waals surface area contributed by atoms with Crippen molar-refractivity contribution in [2.24, 2.45) is 5.73 Å². The highest BCUT2D eigenvalue weighted by Crippen LogP contribution is 2.39. The van der Waals surface area contributed by atoms with Crippen molar-refractivity contribution in [1.29, 1.82) is 0 Å². The second-order valence-electron chi connectivity index (χ2n) is 10.7. The molecule has 1 aliphatic carbocycles. The first-order valence-corrected chi connectivity index (χ1v) is 13.2. The second kappa shape index (κ2) is 11.6. The number of rotatable bonds is 6. The van der Waals surface area contributed by atoms with Crippen LogP contribution in [0.2, 0.25) is 0 Å². The lowest BCUT2D eigenvalue weighted by atomic mass is 9.94. The zero-order chi connectivity index (χ0) is 27.0. The minimum Gasteiger partial charge on any atom is -0.443 e. The van der Waals surface area contributed by atoms with E-state index in [0.717, 1.165) is 25.0 Å². The number of carbonyl (C=O) groups excluding carboxylic acids is 2. The van der Waals surface area contributed by atoms with Gasteiger partial charge in [-0.2, -0.15) is 0 Å². The first-order valence-electron chi connectivity index (χ1n) is 13.2. The van der Waals surface area contributed by atoms with E-state index < -0.39 is 23.6 Å². The third kappa shape index (κ3) is 6.24. The number of likely N-dealkylation sites (tertiary alicyclic amines) is 1. The van der Waals surface area contributed by atoms with Crippen molar-refractivity contribution in [3.8, 4) is 0 Å². The number of carbonyl (C=O) groups is 2. The van der Waals surface area contributed by atoms with Gasteiger partial charge in [0.25, 0.3) is 5.91 Å². The van der Waals surface area contributed by atoms with Crippen molar-refractivity contribution >= 4 is 30.4 Å². The molecule has 0 radical (unpaired) electrons. The fourth-order valence-electron chi connectivity index (χ4n) is 5.36. The van der Waals surface area contributed by atoms with Crippen LogP contribution in [0.25, 0.3) is 0 Å². The molecule has 2 aromatic rings. The highest BCUT2D eigenvalue weighted by Gasteiger charge is 2.43. The van der Waals surface area contributed by atoms with Gasteiger partial charge in [0.1, 0.15) is 17.2 Å². The molecule has 1 saturated carbocycles. The highest BCUT2D eigenvalue weighted by molar-refractivity contribution is 5.94. The van der Waals surface area contributed by atoms with Crippen LogP contribution in [0.1, 0.15) is 61.4 Å². The van der Waals surface area contributed by atoms with Gasteiger partial charge in [0.05, 0.1) is 5.56 Å². The van der Waals surface area contributed by atoms with Crippen LogP contribution in [-0.2, 0) is 4.74 Å². The van der Waals surface area contributed by atoms with Crippen molar-refractivity contribution in [2.45, 2.75) is 63.1 Å². The number of halogens is 3. The zero-order valence-corrected chi connectivity index (χ0v) is 23.0. The lowest BCUT2D eigenvalue weighted by Crippen LogP contribution is -2.49. The van der Waals surface area contributed by atoms with E-state index in [0.29, 0.717) is 57.1 Å². The van der Waals surface area contributed by atoms with Crippen LogP contribution in [0.4, 0.5) is 19.5 Å². The molecule has 9 nitrogen and oxygen atoms in total. The van der Waals surface area contributed by atoms with E-state index in [9.17, 15) is 18.4 Å². The summed E-state index contributed by atoms with van der Waals surface area (Å²) in [6.07, 6.45) is 5.89. The zero-order valence-electron chi connectivity index (χ0n) is 22.2. The van der Waals surface area contributed by atoms with Crippen molar-refractivity contribution in [2.75, 3.05) is 37.6 Å². The Bertz CT molecular complexity index is 1190. The Morgan fingerprint density at radius 2 is 1.82 bits per heavy atom.